The summed E-state index contributed by atoms with van der Waals surface area (Å²) < 4.78 is 0. The summed E-state index contributed by atoms with van der Waals surface area (Å²) in [5.41, 5.74) is 4.13. The maximum Gasteiger partial charge on any atom is 0.278 e. The van der Waals surface area contributed by atoms with Gasteiger partial charge in [-0.05, 0) is 30.7 Å². The summed E-state index contributed by atoms with van der Waals surface area (Å²) in [7, 11) is 0. The molecule has 0 unspecified atom stereocenters. The van der Waals surface area contributed by atoms with Crippen LogP contribution < -0.4 is 10.7 Å². The summed E-state index contributed by atoms with van der Waals surface area (Å²) in [6.07, 6.45) is 1.24. The molecule has 2 rings (SSSR count). The van der Waals surface area contributed by atoms with Gasteiger partial charge >= 0.3 is 0 Å². The van der Waals surface area contributed by atoms with E-state index in [2.05, 4.69) is 15.8 Å². The van der Waals surface area contributed by atoms with E-state index in [-0.39, 0.29) is 18.1 Å². The minimum absolute atomic E-state index is 0.00456. The van der Waals surface area contributed by atoms with Gasteiger partial charge in [0, 0.05) is 16.8 Å². The maximum atomic E-state index is 11.8. The molecule has 7 nitrogen and oxygen atoms in total. The molecule has 124 valence electrons. The molecule has 0 aliphatic carbocycles. The second-order valence-electron chi connectivity index (χ2n) is 4.88. The highest BCUT2D eigenvalue weighted by Gasteiger charge is 2.10. The molecule has 0 saturated carbocycles. The number of hydrazone groups is 1. The van der Waals surface area contributed by atoms with Gasteiger partial charge in [0.25, 0.3) is 11.6 Å². The molecule has 0 heterocycles. The van der Waals surface area contributed by atoms with Crippen molar-refractivity contribution in [1.82, 2.24) is 5.43 Å². The van der Waals surface area contributed by atoms with Gasteiger partial charge < -0.3 is 5.32 Å². The quantitative estimate of drug-likeness (QED) is 0.477. The summed E-state index contributed by atoms with van der Waals surface area (Å²) in [5.74, 6) is -0.385. The van der Waals surface area contributed by atoms with Gasteiger partial charge in [-0.25, -0.2) is 5.43 Å². The van der Waals surface area contributed by atoms with E-state index in [1.54, 1.807) is 30.3 Å². The van der Waals surface area contributed by atoms with Crippen LogP contribution in [0.5, 0.6) is 0 Å². The molecule has 0 bridgehead atoms. The molecule has 0 aromatic heterocycles. The monoisotopic (exact) mass is 346 g/mol. The topological polar surface area (TPSA) is 96.6 Å². The smallest absolute Gasteiger partial charge is 0.278 e. The van der Waals surface area contributed by atoms with Crippen LogP contribution in [0.1, 0.15) is 11.1 Å². The number of amides is 1. The first kappa shape index (κ1) is 17.4. The molecule has 2 aromatic rings. The van der Waals surface area contributed by atoms with Crippen molar-refractivity contribution >= 4 is 35.1 Å². The third-order valence-corrected chi connectivity index (χ3v) is 3.64. The number of halogens is 1. The van der Waals surface area contributed by atoms with E-state index < -0.39 is 4.92 Å². The van der Waals surface area contributed by atoms with Crippen LogP contribution in [0.3, 0.4) is 0 Å². The molecule has 0 aliphatic heterocycles. The third kappa shape index (κ3) is 4.53. The Morgan fingerprint density at radius 3 is 2.79 bits per heavy atom. The largest absolute Gasteiger partial charge is 0.376 e. The first-order valence-electron chi connectivity index (χ1n) is 7.03. The summed E-state index contributed by atoms with van der Waals surface area (Å²) in [4.78, 5) is 22.1. The lowest BCUT2D eigenvalue weighted by Gasteiger charge is -2.09. The first-order valence-corrected chi connectivity index (χ1v) is 7.41. The second-order valence-corrected chi connectivity index (χ2v) is 5.28. The van der Waals surface area contributed by atoms with Gasteiger partial charge in [-0.1, -0.05) is 29.8 Å². The lowest BCUT2D eigenvalue weighted by molar-refractivity contribution is -0.385. The van der Waals surface area contributed by atoms with Gasteiger partial charge in [0.1, 0.15) is 0 Å². The molecule has 1 amide bonds. The number of anilines is 1. The van der Waals surface area contributed by atoms with Crippen LogP contribution >= 0.6 is 11.6 Å². The van der Waals surface area contributed by atoms with Crippen molar-refractivity contribution in [2.45, 2.75) is 6.92 Å². The average molecular weight is 347 g/mol. The number of nitrogens with one attached hydrogen (secondary N) is 2. The predicted octanol–water partition coefficient (Wildman–Crippen LogP) is 3.12. The molecule has 24 heavy (non-hydrogen) atoms. The second kappa shape index (κ2) is 8.07. The fraction of sp³-hybridized carbons (Fsp3) is 0.125. The number of nitro groups is 1. The van der Waals surface area contributed by atoms with Crippen molar-refractivity contribution in [3.8, 4) is 0 Å². The Morgan fingerprint density at radius 2 is 2.04 bits per heavy atom. The van der Waals surface area contributed by atoms with Crippen molar-refractivity contribution in [2.24, 2.45) is 5.10 Å². The number of hydrogen-bond donors (Lipinski definition) is 2. The van der Waals surface area contributed by atoms with Crippen molar-refractivity contribution in [2.75, 3.05) is 11.9 Å². The van der Waals surface area contributed by atoms with Crippen LogP contribution in [0, 0.1) is 17.0 Å². The Labute approximate surface area is 143 Å². The lowest BCUT2D eigenvalue weighted by Crippen LogP contribution is -2.26. The molecule has 0 saturated heterocycles. The lowest BCUT2D eigenvalue weighted by atomic mass is 10.2. The SMILES string of the molecule is Cc1c(Cl)cccc1NCC(=O)N/N=C\c1ccccc1[N+](=O)[O-]. The highest BCUT2D eigenvalue weighted by Crippen LogP contribution is 2.22. The van der Waals surface area contributed by atoms with Gasteiger partial charge in [0.15, 0.2) is 0 Å². The third-order valence-electron chi connectivity index (χ3n) is 3.23. The number of rotatable bonds is 6. The van der Waals surface area contributed by atoms with Crippen LogP contribution in [0.4, 0.5) is 11.4 Å². The number of hydrogen-bond acceptors (Lipinski definition) is 5. The van der Waals surface area contributed by atoms with E-state index in [9.17, 15) is 14.9 Å². The van der Waals surface area contributed by atoms with Gasteiger partial charge in [0.05, 0.1) is 23.2 Å². The minimum Gasteiger partial charge on any atom is -0.376 e. The summed E-state index contributed by atoms with van der Waals surface area (Å²) in [5, 5.41) is 18.2. The van der Waals surface area contributed by atoms with Gasteiger partial charge in [-0.15, -0.1) is 0 Å². The summed E-state index contributed by atoms with van der Waals surface area (Å²) in [6, 6.07) is 11.5. The fourth-order valence-corrected chi connectivity index (χ4v) is 2.13. The van der Waals surface area contributed by atoms with Crippen molar-refractivity contribution in [1.29, 1.82) is 0 Å². The molecule has 2 N–H and O–H groups in total. The van der Waals surface area contributed by atoms with Crippen LogP contribution in [-0.2, 0) is 4.79 Å². The summed E-state index contributed by atoms with van der Waals surface area (Å²) in [6.45, 7) is 1.84. The number of para-hydroxylation sites is 1. The van der Waals surface area contributed by atoms with E-state index in [1.165, 1.54) is 12.3 Å². The molecule has 2 aromatic carbocycles. The predicted molar refractivity (Wildman–Crippen MR) is 93.5 cm³/mol. The highest BCUT2D eigenvalue weighted by molar-refractivity contribution is 6.31. The van der Waals surface area contributed by atoms with Crippen molar-refractivity contribution in [3.63, 3.8) is 0 Å². The minimum atomic E-state index is -0.507. The van der Waals surface area contributed by atoms with Crippen LogP contribution in [-0.4, -0.2) is 23.6 Å². The van der Waals surface area contributed by atoms with Crippen molar-refractivity contribution in [3.05, 3.63) is 68.7 Å². The maximum absolute atomic E-state index is 11.8. The number of nitro benzene ring substituents is 1. The first-order chi connectivity index (χ1) is 11.5. The normalized spacial score (nSPS) is 10.6. The molecule has 0 radical (unpaired) electrons. The molecule has 0 fully saturated rings. The molecule has 0 aliphatic rings. The Bertz CT molecular complexity index is 793. The van der Waals surface area contributed by atoms with Crippen molar-refractivity contribution < 1.29 is 9.72 Å². The Balaban J connectivity index is 1.92. The zero-order valence-electron chi connectivity index (χ0n) is 12.8. The van der Waals surface area contributed by atoms with Gasteiger partial charge in [-0.2, -0.15) is 5.10 Å². The van der Waals surface area contributed by atoms with E-state index >= 15 is 0 Å². The van der Waals surface area contributed by atoms with Crippen LogP contribution in [0.2, 0.25) is 5.02 Å². The van der Waals surface area contributed by atoms with Gasteiger partial charge in [-0.3, -0.25) is 14.9 Å². The molecule has 8 heteroatoms. The highest BCUT2D eigenvalue weighted by atomic mass is 35.5. The fourth-order valence-electron chi connectivity index (χ4n) is 1.95. The molecular formula is C16H15ClN4O3. The molecular weight excluding hydrogens is 332 g/mol. The average Bonchev–Trinajstić information content (AvgIpc) is 2.56. The van der Waals surface area contributed by atoms with E-state index in [0.29, 0.717) is 10.6 Å². The summed E-state index contributed by atoms with van der Waals surface area (Å²) >= 11 is 6.00. The van der Waals surface area contributed by atoms with E-state index in [1.807, 2.05) is 13.0 Å². The zero-order chi connectivity index (χ0) is 17.5. The molecule has 0 atom stereocenters. The number of carbonyl (C=O) groups is 1. The number of carbonyl (C=O) groups excluding carboxylic acids is 1. The van der Waals surface area contributed by atoms with Crippen LogP contribution in [0.25, 0.3) is 0 Å². The zero-order valence-corrected chi connectivity index (χ0v) is 13.6. The van der Waals surface area contributed by atoms with Gasteiger partial charge in [0.2, 0.25) is 0 Å². The number of nitrogens with zero attached hydrogens (tertiary/aromatic N) is 2. The van der Waals surface area contributed by atoms with Crippen LogP contribution in [0.15, 0.2) is 47.6 Å². The van der Waals surface area contributed by atoms with E-state index in [4.69, 9.17) is 11.6 Å². The Kier molecular flexibility index (Phi) is 5.86. The van der Waals surface area contributed by atoms with E-state index in [0.717, 1.165) is 11.3 Å². The number of benzene rings is 2. The standard InChI is InChI=1S/C16H15ClN4O3/c1-11-13(17)6-4-7-14(11)18-10-16(22)20-19-9-12-5-2-3-8-15(12)21(23)24/h2-9,18H,10H2,1H3,(H,20,22)/b19-9-. The Morgan fingerprint density at radius 1 is 1.29 bits per heavy atom. The molecule has 0 spiro atoms. The Hall–Kier alpha value is -2.93.